The molecule has 0 saturated heterocycles. The van der Waals surface area contributed by atoms with Gasteiger partial charge in [0.05, 0.1) is 5.39 Å². The number of phenolic OH excluding ortho intramolecular Hbond substituents is 2. The number of aryl methyl sites for hydroxylation is 1. The summed E-state index contributed by atoms with van der Waals surface area (Å²) in [6.07, 6.45) is 0. The van der Waals surface area contributed by atoms with Crippen LogP contribution in [0.1, 0.15) is 19.4 Å². The molecule has 4 nitrogen and oxygen atoms in total. The number of aromatic hydroxyl groups is 2. The first-order valence-electron chi connectivity index (χ1n) is 6.46. The van der Waals surface area contributed by atoms with E-state index >= 15 is 0 Å². The van der Waals surface area contributed by atoms with Gasteiger partial charge in [-0.15, -0.1) is 0 Å². The third-order valence-electron chi connectivity index (χ3n) is 2.99. The molecule has 0 atom stereocenters. The van der Waals surface area contributed by atoms with Crippen LogP contribution in [0.2, 0.25) is 0 Å². The predicted octanol–water partition coefficient (Wildman–Crippen LogP) is 3.69. The summed E-state index contributed by atoms with van der Waals surface area (Å²) in [5.41, 5.74) is 0.440. The molecule has 0 aliphatic carbocycles. The Labute approximate surface area is 115 Å². The number of hydrogen-bond donors (Lipinski definition) is 2. The second-order valence-corrected chi connectivity index (χ2v) is 4.25. The highest BCUT2D eigenvalue weighted by atomic mass is 16.4. The van der Waals surface area contributed by atoms with Gasteiger partial charge in [0.15, 0.2) is 11.3 Å². The first-order valence-corrected chi connectivity index (χ1v) is 6.46. The van der Waals surface area contributed by atoms with Crippen molar-refractivity contribution >= 4 is 21.7 Å². The van der Waals surface area contributed by atoms with E-state index in [2.05, 4.69) is 0 Å². The molecule has 0 saturated carbocycles. The fraction of sp³-hybridized carbons (Fsp3) is 0.188. The number of hydrogen-bond acceptors (Lipinski definition) is 4. The first-order chi connectivity index (χ1) is 9.58. The van der Waals surface area contributed by atoms with Crippen molar-refractivity contribution in [3.63, 3.8) is 0 Å². The van der Waals surface area contributed by atoms with E-state index in [0.29, 0.717) is 16.2 Å². The fourth-order valence-electron chi connectivity index (χ4n) is 2.09. The molecule has 1 aromatic heterocycles. The van der Waals surface area contributed by atoms with E-state index < -0.39 is 11.4 Å². The van der Waals surface area contributed by atoms with E-state index in [1.165, 1.54) is 6.07 Å². The molecule has 2 aromatic carbocycles. The molecule has 0 bridgehead atoms. The van der Waals surface area contributed by atoms with Gasteiger partial charge in [0.2, 0.25) is 5.75 Å². The predicted molar refractivity (Wildman–Crippen MR) is 79.4 cm³/mol. The lowest BCUT2D eigenvalue weighted by Gasteiger charge is -2.05. The van der Waals surface area contributed by atoms with Crippen molar-refractivity contribution in [1.29, 1.82) is 0 Å². The normalized spacial score (nSPS) is 10.3. The largest absolute Gasteiger partial charge is 0.504 e. The molecule has 0 radical (unpaired) electrons. The van der Waals surface area contributed by atoms with Crippen molar-refractivity contribution in [1.82, 2.24) is 0 Å². The number of fused-ring (bicyclic) bond motifs is 3. The summed E-state index contributed by atoms with van der Waals surface area (Å²) in [4.78, 5) is 11.8. The van der Waals surface area contributed by atoms with E-state index in [4.69, 9.17) is 4.42 Å². The van der Waals surface area contributed by atoms with E-state index in [9.17, 15) is 15.0 Å². The number of rotatable bonds is 0. The minimum Gasteiger partial charge on any atom is -0.504 e. The molecule has 4 heteroatoms. The van der Waals surface area contributed by atoms with Gasteiger partial charge in [-0.1, -0.05) is 31.5 Å². The molecule has 104 valence electrons. The van der Waals surface area contributed by atoms with Gasteiger partial charge in [0.25, 0.3) is 0 Å². The SMILES string of the molecule is CC.Cc1ccc2c(c1)c(=O)oc1c(O)c(O)ccc12. The van der Waals surface area contributed by atoms with Crippen LogP contribution in [0.25, 0.3) is 21.7 Å². The Hall–Kier alpha value is -2.49. The van der Waals surface area contributed by atoms with E-state index in [0.717, 1.165) is 5.56 Å². The molecule has 0 aliphatic rings. The van der Waals surface area contributed by atoms with E-state index in [-0.39, 0.29) is 11.3 Å². The molecular formula is C16H16O4. The van der Waals surface area contributed by atoms with Gasteiger partial charge in [-0.05, 0) is 25.1 Å². The van der Waals surface area contributed by atoms with Gasteiger partial charge in [-0.25, -0.2) is 4.79 Å². The zero-order chi connectivity index (χ0) is 14.9. The average molecular weight is 272 g/mol. The van der Waals surface area contributed by atoms with Crippen molar-refractivity contribution in [3.05, 3.63) is 46.3 Å². The number of phenols is 2. The molecule has 0 fully saturated rings. The van der Waals surface area contributed by atoms with Gasteiger partial charge in [-0.3, -0.25) is 0 Å². The monoisotopic (exact) mass is 272 g/mol. The van der Waals surface area contributed by atoms with Crippen LogP contribution in [0.4, 0.5) is 0 Å². The van der Waals surface area contributed by atoms with Gasteiger partial charge >= 0.3 is 5.63 Å². The van der Waals surface area contributed by atoms with Crippen molar-refractivity contribution in [2.24, 2.45) is 0 Å². The highest BCUT2D eigenvalue weighted by molar-refractivity contribution is 6.06. The lowest BCUT2D eigenvalue weighted by molar-refractivity contribution is 0.398. The molecule has 0 aliphatic heterocycles. The minimum atomic E-state index is -0.526. The Morgan fingerprint density at radius 3 is 2.30 bits per heavy atom. The van der Waals surface area contributed by atoms with Crippen LogP contribution in [0.3, 0.4) is 0 Å². The van der Waals surface area contributed by atoms with Crippen molar-refractivity contribution in [3.8, 4) is 11.5 Å². The summed E-state index contributed by atoms with van der Waals surface area (Å²) >= 11 is 0. The van der Waals surface area contributed by atoms with Crippen LogP contribution >= 0.6 is 0 Å². The fourth-order valence-corrected chi connectivity index (χ4v) is 2.09. The standard InChI is InChI=1S/C14H10O4.C2H6/c1-7-2-3-8-9-4-5-11(15)12(16)13(9)18-14(17)10(8)6-7;1-2/h2-6,15-16H,1H3;1-2H3. The molecule has 0 spiro atoms. The summed E-state index contributed by atoms with van der Waals surface area (Å²) in [6.45, 7) is 5.89. The smallest absolute Gasteiger partial charge is 0.344 e. The Kier molecular flexibility index (Phi) is 3.66. The lowest BCUT2D eigenvalue weighted by atomic mass is 10.1. The van der Waals surface area contributed by atoms with Crippen LogP contribution in [0.5, 0.6) is 11.5 Å². The summed E-state index contributed by atoms with van der Waals surface area (Å²) in [7, 11) is 0. The van der Waals surface area contributed by atoms with E-state index in [1.807, 2.05) is 26.8 Å². The van der Waals surface area contributed by atoms with Crippen molar-refractivity contribution in [2.45, 2.75) is 20.8 Å². The van der Waals surface area contributed by atoms with Crippen LogP contribution in [-0.4, -0.2) is 10.2 Å². The van der Waals surface area contributed by atoms with Crippen LogP contribution in [0.15, 0.2) is 39.5 Å². The Bertz CT molecular complexity index is 831. The molecular weight excluding hydrogens is 256 g/mol. The molecule has 2 N–H and O–H groups in total. The molecule has 3 aromatic rings. The summed E-state index contributed by atoms with van der Waals surface area (Å²) < 4.78 is 5.08. The lowest BCUT2D eigenvalue weighted by Crippen LogP contribution is -2.00. The third-order valence-corrected chi connectivity index (χ3v) is 2.99. The van der Waals surface area contributed by atoms with Gasteiger partial charge in [0.1, 0.15) is 0 Å². The molecule has 3 rings (SSSR count). The van der Waals surface area contributed by atoms with Gasteiger partial charge in [0, 0.05) is 10.8 Å². The van der Waals surface area contributed by atoms with Crippen LogP contribution in [0, 0.1) is 6.92 Å². The molecule has 0 amide bonds. The second kappa shape index (κ2) is 5.25. The van der Waals surface area contributed by atoms with E-state index in [1.54, 1.807) is 18.2 Å². The second-order valence-electron chi connectivity index (χ2n) is 4.25. The third kappa shape index (κ3) is 2.09. The summed E-state index contributed by atoms with van der Waals surface area (Å²) in [5, 5.41) is 20.9. The molecule has 0 unspecified atom stereocenters. The van der Waals surface area contributed by atoms with Crippen molar-refractivity contribution in [2.75, 3.05) is 0 Å². The molecule has 1 heterocycles. The summed E-state index contributed by atoms with van der Waals surface area (Å²) in [6, 6.07) is 8.41. The minimum absolute atomic E-state index is 0.0105. The highest BCUT2D eigenvalue weighted by Crippen LogP contribution is 2.35. The summed E-state index contributed by atoms with van der Waals surface area (Å²) in [5.74, 6) is -0.718. The van der Waals surface area contributed by atoms with Crippen molar-refractivity contribution < 1.29 is 14.6 Å². The quantitative estimate of drug-likeness (QED) is 0.372. The Balaban J connectivity index is 0.000000704. The van der Waals surface area contributed by atoms with Gasteiger partial charge in [-0.2, -0.15) is 0 Å². The highest BCUT2D eigenvalue weighted by Gasteiger charge is 2.13. The number of benzene rings is 2. The van der Waals surface area contributed by atoms with Crippen LogP contribution < -0.4 is 5.63 Å². The zero-order valence-corrected chi connectivity index (χ0v) is 11.6. The Morgan fingerprint density at radius 1 is 0.950 bits per heavy atom. The molecule has 20 heavy (non-hydrogen) atoms. The van der Waals surface area contributed by atoms with Crippen LogP contribution in [-0.2, 0) is 0 Å². The first kappa shape index (κ1) is 13.9. The zero-order valence-electron chi connectivity index (χ0n) is 11.6. The maximum absolute atomic E-state index is 11.8. The maximum Gasteiger partial charge on any atom is 0.344 e. The van der Waals surface area contributed by atoms with Gasteiger partial charge < -0.3 is 14.6 Å². The topological polar surface area (TPSA) is 70.7 Å². The maximum atomic E-state index is 11.8. The average Bonchev–Trinajstić information content (AvgIpc) is 2.46. The Morgan fingerprint density at radius 2 is 1.60 bits per heavy atom.